The maximum Gasteiger partial charge on any atom is 0.0639 e. The summed E-state index contributed by atoms with van der Waals surface area (Å²) in [5, 5.41) is 46.5. The van der Waals surface area contributed by atoms with Crippen molar-refractivity contribution in [2.45, 2.75) is 26.1 Å². The highest BCUT2D eigenvalue weighted by Crippen LogP contribution is 1.98. The predicted octanol–water partition coefficient (Wildman–Crippen LogP) is -2.37. The summed E-state index contributed by atoms with van der Waals surface area (Å²) in [6.45, 7) is 9.00. The Balaban J connectivity index is 4.39. The van der Waals surface area contributed by atoms with Gasteiger partial charge in [0.15, 0.2) is 0 Å². The van der Waals surface area contributed by atoms with Crippen LogP contribution in [0.15, 0.2) is 0 Å². The molecule has 0 rings (SSSR count). The summed E-state index contributed by atoms with van der Waals surface area (Å²) in [4.78, 5) is 6.10. The van der Waals surface area contributed by atoms with Crippen LogP contribution in [-0.2, 0) is 0 Å². The second-order valence-corrected chi connectivity index (χ2v) is 6.31. The average Bonchev–Trinajstić information content (AvgIpc) is 2.49. The van der Waals surface area contributed by atoms with Crippen molar-refractivity contribution in [3.05, 3.63) is 0 Å². The number of aliphatic hydroxyl groups excluding tert-OH is 5. The first kappa shape index (κ1) is 23.7. The van der Waals surface area contributed by atoms with E-state index in [9.17, 15) is 15.3 Å². The lowest BCUT2D eigenvalue weighted by atomic mass is 10.3. The van der Waals surface area contributed by atoms with Crippen molar-refractivity contribution in [3.8, 4) is 0 Å². The van der Waals surface area contributed by atoms with Gasteiger partial charge in [-0.05, 0) is 13.8 Å². The van der Waals surface area contributed by atoms with Crippen LogP contribution >= 0.6 is 0 Å². The van der Waals surface area contributed by atoms with E-state index in [1.54, 1.807) is 13.8 Å². The van der Waals surface area contributed by atoms with Crippen LogP contribution in [0, 0.1) is 0 Å². The molecule has 5 N–H and O–H groups in total. The van der Waals surface area contributed by atoms with Gasteiger partial charge in [0, 0.05) is 58.9 Å². The second kappa shape index (κ2) is 15.0. The summed E-state index contributed by atoms with van der Waals surface area (Å²) >= 11 is 0. The zero-order chi connectivity index (χ0) is 18.4. The Labute approximate surface area is 145 Å². The first-order valence-corrected chi connectivity index (χ1v) is 8.78. The van der Waals surface area contributed by atoms with Crippen molar-refractivity contribution in [3.63, 3.8) is 0 Å². The summed E-state index contributed by atoms with van der Waals surface area (Å²) in [5.74, 6) is 0. The van der Waals surface area contributed by atoms with Gasteiger partial charge in [-0.3, -0.25) is 14.7 Å². The third kappa shape index (κ3) is 13.0. The van der Waals surface area contributed by atoms with Crippen molar-refractivity contribution in [2.75, 3.05) is 78.7 Å². The molecule has 0 saturated carbocycles. The summed E-state index contributed by atoms with van der Waals surface area (Å²) in [7, 11) is 0. The van der Waals surface area contributed by atoms with E-state index < -0.39 is 12.2 Å². The Morgan fingerprint density at radius 2 is 0.833 bits per heavy atom. The number of aliphatic hydroxyl groups is 5. The van der Waals surface area contributed by atoms with Gasteiger partial charge < -0.3 is 25.5 Å². The molecule has 0 heterocycles. The van der Waals surface area contributed by atoms with Crippen molar-refractivity contribution in [1.29, 1.82) is 0 Å². The lowest BCUT2D eigenvalue weighted by Crippen LogP contribution is -2.44. The van der Waals surface area contributed by atoms with Crippen LogP contribution in [0.1, 0.15) is 13.8 Å². The third-order valence-corrected chi connectivity index (χ3v) is 3.76. The zero-order valence-corrected chi connectivity index (χ0v) is 15.2. The highest BCUT2D eigenvalue weighted by Gasteiger charge is 2.13. The molecule has 0 aromatic heterocycles. The van der Waals surface area contributed by atoms with Crippen LogP contribution < -0.4 is 0 Å². The maximum atomic E-state index is 9.51. The molecule has 8 heteroatoms. The molecule has 24 heavy (non-hydrogen) atoms. The van der Waals surface area contributed by atoms with Crippen LogP contribution in [0.4, 0.5) is 0 Å². The molecule has 0 fully saturated rings. The number of hydrogen-bond donors (Lipinski definition) is 5. The molecule has 2 unspecified atom stereocenters. The van der Waals surface area contributed by atoms with Gasteiger partial charge in [-0.1, -0.05) is 0 Å². The Morgan fingerprint density at radius 3 is 1.12 bits per heavy atom. The van der Waals surface area contributed by atoms with Gasteiger partial charge in [0.1, 0.15) is 0 Å². The fraction of sp³-hybridized carbons (Fsp3) is 1.00. The number of hydrogen-bond acceptors (Lipinski definition) is 8. The fourth-order valence-electron chi connectivity index (χ4n) is 2.66. The monoisotopic (exact) mass is 351 g/mol. The minimum Gasteiger partial charge on any atom is -0.395 e. The molecule has 146 valence electrons. The molecule has 8 nitrogen and oxygen atoms in total. The normalized spacial score (nSPS) is 14.8. The van der Waals surface area contributed by atoms with Crippen LogP contribution in [-0.4, -0.2) is 131 Å². The maximum absolute atomic E-state index is 9.51. The van der Waals surface area contributed by atoms with E-state index in [2.05, 4.69) is 4.90 Å². The largest absolute Gasteiger partial charge is 0.395 e. The van der Waals surface area contributed by atoms with Crippen molar-refractivity contribution in [1.82, 2.24) is 14.7 Å². The van der Waals surface area contributed by atoms with Gasteiger partial charge in [0.05, 0.1) is 32.0 Å². The van der Waals surface area contributed by atoms with E-state index in [4.69, 9.17) is 10.2 Å². The molecule has 0 aromatic rings. The molecule has 0 bridgehead atoms. The standard InChI is InChI=1S/C16H37N3O5/c1-15(23)13-18(8-11-21)5-3-17(7-10-20)4-6-19(9-12-22)14-16(2)24/h15-16,20-24H,3-14H2,1-2H3. The predicted molar refractivity (Wildman–Crippen MR) is 93.9 cm³/mol. The highest BCUT2D eigenvalue weighted by atomic mass is 16.3. The van der Waals surface area contributed by atoms with Gasteiger partial charge in [-0.25, -0.2) is 0 Å². The minimum absolute atomic E-state index is 0.0470. The Bertz CT molecular complexity index is 258. The van der Waals surface area contributed by atoms with Gasteiger partial charge in [0.25, 0.3) is 0 Å². The molecule has 0 aliphatic rings. The van der Waals surface area contributed by atoms with E-state index in [0.717, 1.165) is 13.1 Å². The minimum atomic E-state index is -0.450. The molecular formula is C16H37N3O5. The second-order valence-electron chi connectivity index (χ2n) is 6.31. The first-order valence-electron chi connectivity index (χ1n) is 8.78. The highest BCUT2D eigenvalue weighted by molar-refractivity contribution is 4.69. The smallest absolute Gasteiger partial charge is 0.0639 e. The Kier molecular flexibility index (Phi) is 14.8. The van der Waals surface area contributed by atoms with Gasteiger partial charge >= 0.3 is 0 Å². The molecule has 0 saturated heterocycles. The van der Waals surface area contributed by atoms with E-state index in [-0.39, 0.29) is 19.8 Å². The van der Waals surface area contributed by atoms with Crippen molar-refractivity contribution >= 4 is 0 Å². The molecule has 0 amide bonds. The Hall–Kier alpha value is -0.320. The molecular weight excluding hydrogens is 314 g/mol. The summed E-state index contributed by atoms with van der Waals surface area (Å²) in [5.41, 5.74) is 0. The lowest BCUT2D eigenvalue weighted by molar-refractivity contribution is 0.0845. The molecule has 0 radical (unpaired) electrons. The van der Waals surface area contributed by atoms with E-state index in [0.29, 0.717) is 45.8 Å². The summed E-state index contributed by atoms with van der Waals surface area (Å²) in [6.07, 6.45) is -0.900. The van der Waals surface area contributed by atoms with Crippen molar-refractivity contribution in [2.24, 2.45) is 0 Å². The number of rotatable bonds is 16. The van der Waals surface area contributed by atoms with E-state index in [1.165, 1.54) is 0 Å². The number of nitrogens with zero attached hydrogens (tertiary/aromatic N) is 3. The topological polar surface area (TPSA) is 111 Å². The fourth-order valence-corrected chi connectivity index (χ4v) is 2.66. The SMILES string of the molecule is CC(O)CN(CCO)CCN(CCO)CCN(CCO)CC(C)O. The van der Waals surface area contributed by atoms with Gasteiger partial charge in [-0.15, -0.1) is 0 Å². The summed E-state index contributed by atoms with van der Waals surface area (Å²) < 4.78 is 0. The molecule has 0 spiro atoms. The first-order chi connectivity index (χ1) is 11.4. The van der Waals surface area contributed by atoms with Crippen molar-refractivity contribution < 1.29 is 25.5 Å². The molecule has 0 aliphatic carbocycles. The lowest BCUT2D eigenvalue weighted by Gasteiger charge is -2.30. The van der Waals surface area contributed by atoms with E-state index in [1.807, 2.05) is 9.80 Å². The van der Waals surface area contributed by atoms with Crippen LogP contribution in [0.25, 0.3) is 0 Å². The van der Waals surface area contributed by atoms with Crippen LogP contribution in [0.5, 0.6) is 0 Å². The van der Waals surface area contributed by atoms with Gasteiger partial charge in [0.2, 0.25) is 0 Å². The molecule has 0 aliphatic heterocycles. The quantitative estimate of drug-likeness (QED) is 0.210. The van der Waals surface area contributed by atoms with Gasteiger partial charge in [-0.2, -0.15) is 0 Å². The molecule has 0 aromatic carbocycles. The third-order valence-electron chi connectivity index (χ3n) is 3.76. The Morgan fingerprint density at radius 1 is 0.542 bits per heavy atom. The van der Waals surface area contributed by atoms with E-state index >= 15 is 0 Å². The van der Waals surface area contributed by atoms with Crippen LogP contribution in [0.3, 0.4) is 0 Å². The van der Waals surface area contributed by atoms with Crippen LogP contribution in [0.2, 0.25) is 0 Å². The zero-order valence-electron chi connectivity index (χ0n) is 15.2. The summed E-state index contributed by atoms with van der Waals surface area (Å²) in [6, 6.07) is 0. The average molecular weight is 351 g/mol. The molecule has 2 atom stereocenters.